The van der Waals surface area contributed by atoms with E-state index in [1.165, 1.54) is 11.3 Å². The van der Waals surface area contributed by atoms with E-state index in [0.29, 0.717) is 18.7 Å². The molecule has 1 aromatic rings. The van der Waals surface area contributed by atoms with Crippen LogP contribution in [0.5, 0.6) is 0 Å². The summed E-state index contributed by atoms with van der Waals surface area (Å²) in [6.07, 6.45) is 2.11. The molecule has 0 saturated carbocycles. The van der Waals surface area contributed by atoms with E-state index < -0.39 is 0 Å². The maximum absolute atomic E-state index is 11.5. The van der Waals surface area contributed by atoms with Crippen molar-refractivity contribution in [2.45, 2.75) is 26.2 Å². The number of rotatable bonds is 7. The lowest BCUT2D eigenvalue weighted by molar-refractivity contribution is -0.143. The van der Waals surface area contributed by atoms with E-state index >= 15 is 0 Å². The molecule has 0 bridgehead atoms. The van der Waals surface area contributed by atoms with Crippen molar-refractivity contribution in [1.29, 1.82) is 0 Å². The van der Waals surface area contributed by atoms with Gasteiger partial charge in [-0.15, -0.1) is 0 Å². The third-order valence-electron chi connectivity index (χ3n) is 2.16. The molecule has 1 N–H and O–H groups in total. The molecule has 0 unspecified atom stereocenters. The third kappa shape index (κ3) is 5.49. The van der Waals surface area contributed by atoms with Crippen molar-refractivity contribution in [1.82, 2.24) is 5.32 Å². The molecule has 0 aliphatic heterocycles. The fourth-order valence-electron chi connectivity index (χ4n) is 1.18. The normalized spacial score (nSPS) is 9.94. The molecule has 1 aromatic heterocycles. The van der Waals surface area contributed by atoms with Crippen LogP contribution in [0.3, 0.4) is 0 Å². The van der Waals surface area contributed by atoms with Crippen LogP contribution in [0.25, 0.3) is 0 Å². The minimum absolute atomic E-state index is 0.146. The van der Waals surface area contributed by atoms with Gasteiger partial charge >= 0.3 is 5.97 Å². The Kier molecular flexibility index (Phi) is 6.32. The van der Waals surface area contributed by atoms with Crippen LogP contribution < -0.4 is 5.32 Å². The molecule has 0 aliphatic rings. The van der Waals surface area contributed by atoms with E-state index in [1.54, 1.807) is 11.4 Å². The lowest BCUT2D eigenvalue weighted by atomic mass is 10.3. The van der Waals surface area contributed by atoms with Gasteiger partial charge in [0.25, 0.3) is 5.91 Å². The number of hydrogen-bond donors (Lipinski definition) is 1. The molecule has 0 aromatic carbocycles. The molecule has 0 fully saturated rings. The molecule has 5 heteroatoms. The second-order valence-corrected chi connectivity index (χ2v) is 4.37. The van der Waals surface area contributed by atoms with Gasteiger partial charge in [0.2, 0.25) is 0 Å². The quantitative estimate of drug-likeness (QED) is 0.600. The SMILES string of the molecule is CCCCOC(=O)CCNC(=O)c1ccsc1. The first-order valence-electron chi connectivity index (χ1n) is 5.70. The third-order valence-corrected chi connectivity index (χ3v) is 2.84. The van der Waals surface area contributed by atoms with Crippen molar-refractivity contribution in [2.75, 3.05) is 13.2 Å². The van der Waals surface area contributed by atoms with Gasteiger partial charge in [-0.05, 0) is 17.9 Å². The van der Waals surface area contributed by atoms with Gasteiger partial charge in [0.1, 0.15) is 0 Å². The summed E-state index contributed by atoms with van der Waals surface area (Å²) < 4.78 is 4.97. The summed E-state index contributed by atoms with van der Waals surface area (Å²) >= 11 is 1.47. The van der Waals surface area contributed by atoms with Crippen molar-refractivity contribution in [3.63, 3.8) is 0 Å². The lowest BCUT2D eigenvalue weighted by Crippen LogP contribution is -2.26. The van der Waals surface area contributed by atoms with Crippen LogP contribution in [0.15, 0.2) is 16.8 Å². The topological polar surface area (TPSA) is 55.4 Å². The Bertz CT molecular complexity index is 349. The van der Waals surface area contributed by atoms with Gasteiger partial charge in [-0.25, -0.2) is 0 Å². The first kappa shape index (κ1) is 13.7. The van der Waals surface area contributed by atoms with Gasteiger partial charge in [0.05, 0.1) is 13.0 Å². The summed E-state index contributed by atoms with van der Waals surface area (Å²) in [7, 11) is 0. The number of ether oxygens (including phenoxy) is 1. The molecular formula is C12H17NO3S. The number of amides is 1. The summed E-state index contributed by atoms with van der Waals surface area (Å²) in [6.45, 7) is 2.82. The van der Waals surface area contributed by atoms with Crippen LogP contribution in [0.4, 0.5) is 0 Å². The summed E-state index contributed by atoms with van der Waals surface area (Å²) in [6, 6.07) is 1.75. The number of carbonyl (C=O) groups is 2. The minimum atomic E-state index is -0.260. The average molecular weight is 255 g/mol. The van der Waals surface area contributed by atoms with Crippen molar-refractivity contribution < 1.29 is 14.3 Å². The van der Waals surface area contributed by atoms with Gasteiger partial charge in [0.15, 0.2) is 0 Å². The molecule has 1 amide bonds. The molecule has 94 valence electrons. The summed E-state index contributed by atoms with van der Waals surface area (Å²) in [4.78, 5) is 22.7. The van der Waals surface area contributed by atoms with E-state index in [1.807, 2.05) is 12.3 Å². The highest BCUT2D eigenvalue weighted by Crippen LogP contribution is 2.05. The van der Waals surface area contributed by atoms with Gasteiger partial charge in [-0.1, -0.05) is 13.3 Å². The average Bonchev–Trinajstić information content (AvgIpc) is 2.82. The van der Waals surface area contributed by atoms with Crippen LogP contribution in [-0.4, -0.2) is 25.0 Å². The predicted molar refractivity (Wildman–Crippen MR) is 67.1 cm³/mol. The van der Waals surface area contributed by atoms with Crippen LogP contribution in [0, 0.1) is 0 Å². The number of unbranched alkanes of at least 4 members (excludes halogenated alkanes) is 1. The van der Waals surface area contributed by atoms with Crippen molar-refractivity contribution in [2.24, 2.45) is 0 Å². The zero-order chi connectivity index (χ0) is 12.5. The van der Waals surface area contributed by atoms with Gasteiger partial charge in [0, 0.05) is 17.5 Å². The summed E-state index contributed by atoms with van der Waals surface area (Å²) in [5.41, 5.74) is 0.634. The monoisotopic (exact) mass is 255 g/mol. The highest BCUT2D eigenvalue weighted by atomic mass is 32.1. The Labute approximate surface area is 105 Å². The molecule has 0 atom stereocenters. The van der Waals surface area contributed by atoms with Gasteiger partial charge in [-0.2, -0.15) is 11.3 Å². The molecule has 4 nitrogen and oxygen atoms in total. The lowest BCUT2D eigenvalue weighted by Gasteiger charge is -2.05. The molecule has 0 radical (unpaired) electrons. The number of hydrogen-bond acceptors (Lipinski definition) is 4. The van der Waals surface area contributed by atoms with Crippen molar-refractivity contribution in [3.8, 4) is 0 Å². The van der Waals surface area contributed by atoms with E-state index in [9.17, 15) is 9.59 Å². The number of esters is 1. The maximum Gasteiger partial charge on any atom is 0.307 e. The standard InChI is InChI=1S/C12H17NO3S/c1-2-3-7-16-11(14)4-6-13-12(15)10-5-8-17-9-10/h5,8-9H,2-4,6-7H2,1H3,(H,13,15). The Morgan fingerprint density at radius 1 is 1.47 bits per heavy atom. The molecule has 1 heterocycles. The zero-order valence-electron chi connectivity index (χ0n) is 9.90. The Morgan fingerprint density at radius 2 is 2.29 bits per heavy atom. The molecule has 0 saturated heterocycles. The highest BCUT2D eigenvalue weighted by molar-refractivity contribution is 7.08. The molecule has 17 heavy (non-hydrogen) atoms. The molecular weight excluding hydrogens is 238 g/mol. The highest BCUT2D eigenvalue weighted by Gasteiger charge is 2.07. The van der Waals surface area contributed by atoms with Gasteiger partial charge in [-0.3, -0.25) is 9.59 Å². The van der Waals surface area contributed by atoms with Crippen LogP contribution in [-0.2, 0) is 9.53 Å². The van der Waals surface area contributed by atoms with Crippen LogP contribution >= 0.6 is 11.3 Å². The zero-order valence-corrected chi connectivity index (χ0v) is 10.7. The Balaban J connectivity index is 2.11. The molecule has 1 rings (SSSR count). The largest absolute Gasteiger partial charge is 0.466 e. The Morgan fingerprint density at radius 3 is 2.94 bits per heavy atom. The van der Waals surface area contributed by atoms with E-state index in [-0.39, 0.29) is 18.3 Å². The fraction of sp³-hybridized carbons (Fsp3) is 0.500. The summed E-state index contributed by atoms with van der Waals surface area (Å²) in [5.74, 6) is -0.406. The number of carbonyl (C=O) groups excluding carboxylic acids is 2. The van der Waals surface area contributed by atoms with Crippen LogP contribution in [0.2, 0.25) is 0 Å². The number of nitrogens with one attached hydrogen (secondary N) is 1. The summed E-state index contributed by atoms with van der Waals surface area (Å²) in [5, 5.41) is 6.29. The van der Waals surface area contributed by atoms with Gasteiger partial charge < -0.3 is 10.1 Å². The fourth-order valence-corrected chi connectivity index (χ4v) is 1.81. The van der Waals surface area contributed by atoms with Crippen molar-refractivity contribution in [3.05, 3.63) is 22.4 Å². The van der Waals surface area contributed by atoms with Crippen LogP contribution in [0.1, 0.15) is 36.5 Å². The maximum atomic E-state index is 11.5. The first-order valence-corrected chi connectivity index (χ1v) is 6.64. The number of thiophene rings is 1. The van der Waals surface area contributed by atoms with Crippen molar-refractivity contribution >= 4 is 23.2 Å². The minimum Gasteiger partial charge on any atom is -0.466 e. The second kappa shape index (κ2) is 7.84. The predicted octanol–water partition coefficient (Wildman–Crippen LogP) is 2.21. The Hall–Kier alpha value is -1.36. The van der Waals surface area contributed by atoms with E-state index in [2.05, 4.69) is 5.32 Å². The molecule has 0 spiro atoms. The van der Waals surface area contributed by atoms with E-state index in [0.717, 1.165) is 12.8 Å². The second-order valence-electron chi connectivity index (χ2n) is 3.59. The first-order chi connectivity index (χ1) is 8.24. The van der Waals surface area contributed by atoms with E-state index in [4.69, 9.17) is 4.74 Å². The smallest absolute Gasteiger partial charge is 0.307 e. The molecule has 0 aliphatic carbocycles.